The van der Waals surface area contributed by atoms with Crippen LogP contribution in [0.3, 0.4) is 0 Å². The second-order valence-corrected chi connectivity index (χ2v) is 4.60. The van der Waals surface area contributed by atoms with Gasteiger partial charge in [-0.15, -0.1) is 12.4 Å². The molecular weight excluding hydrogens is 450 g/mol. The van der Waals surface area contributed by atoms with Crippen LogP contribution in [0.4, 0.5) is 3.16 Å². The van der Waals surface area contributed by atoms with E-state index < -0.39 is 0 Å². The van der Waals surface area contributed by atoms with Gasteiger partial charge in [0.25, 0.3) is 0 Å². The molecule has 21 heavy (non-hydrogen) atoms. The standard InChI is InChI=1S/C15H15N4.FH.Pt/c1-13-9-14(11-18-6-2-3-7-18)17-15(10-13)12-19-8-4-5-16-19;;/h2-6,8-10H,11-12H2,1H3;1H;/q-1;;+2/p-1. The van der Waals surface area contributed by atoms with Crippen molar-refractivity contribution in [3.8, 4) is 0 Å². The number of aromatic nitrogens is 4. The van der Waals surface area contributed by atoms with E-state index in [9.17, 15) is 3.16 Å². The monoisotopic (exact) mass is 465 g/mol. The molecule has 0 radical (unpaired) electrons. The van der Waals surface area contributed by atoms with Gasteiger partial charge >= 0.3 is 23.5 Å². The molecule has 0 atom stereocenters. The van der Waals surface area contributed by atoms with E-state index in [1.807, 2.05) is 39.8 Å². The van der Waals surface area contributed by atoms with Crippen LogP contribution in [0.5, 0.6) is 0 Å². The van der Waals surface area contributed by atoms with E-state index in [1.165, 1.54) is 5.56 Å². The Morgan fingerprint density at radius 2 is 1.90 bits per heavy atom. The number of nitrogens with zero attached hydrogens (tertiary/aromatic N) is 4. The van der Waals surface area contributed by atoms with E-state index in [0.717, 1.165) is 17.9 Å². The van der Waals surface area contributed by atoms with Gasteiger partial charge in [0.05, 0.1) is 17.9 Å². The van der Waals surface area contributed by atoms with Crippen LogP contribution in [0.15, 0.2) is 48.9 Å². The Kier molecular flexibility index (Phi) is 5.88. The van der Waals surface area contributed by atoms with Crippen molar-refractivity contribution in [2.75, 3.05) is 0 Å². The molecule has 0 saturated heterocycles. The van der Waals surface area contributed by atoms with E-state index in [1.54, 1.807) is 6.20 Å². The molecule has 0 aliphatic rings. The van der Waals surface area contributed by atoms with Gasteiger partial charge in [0.15, 0.2) is 0 Å². The first kappa shape index (κ1) is 15.6. The quantitative estimate of drug-likeness (QED) is 0.556. The molecule has 0 aliphatic carbocycles. The first-order valence-electron chi connectivity index (χ1n) is 6.38. The van der Waals surface area contributed by atoms with E-state index >= 15 is 0 Å². The van der Waals surface area contributed by atoms with Crippen LogP contribution in [0.2, 0.25) is 0 Å². The average molecular weight is 465 g/mol. The van der Waals surface area contributed by atoms with Crippen LogP contribution in [-0.4, -0.2) is 19.3 Å². The normalized spacial score (nSPS) is 10.1. The Balaban J connectivity index is 0.000000774. The zero-order valence-electron chi connectivity index (χ0n) is 11.5. The maximum atomic E-state index is 9.47. The van der Waals surface area contributed by atoms with Gasteiger partial charge in [0.1, 0.15) is 0 Å². The molecule has 3 heterocycles. The Hall–Kier alpha value is -1.74. The topological polar surface area (TPSA) is 35.6 Å². The Bertz CT molecular complexity index is 596. The molecule has 0 fully saturated rings. The van der Waals surface area contributed by atoms with Crippen molar-refractivity contribution >= 4 is 0 Å². The number of rotatable bonds is 4. The summed E-state index contributed by atoms with van der Waals surface area (Å²) >= 11 is 0.639. The molecule has 112 valence electrons. The van der Waals surface area contributed by atoms with Gasteiger partial charge in [-0.2, -0.15) is 17.2 Å². The van der Waals surface area contributed by atoms with Crippen molar-refractivity contribution in [1.29, 1.82) is 0 Å². The summed E-state index contributed by atoms with van der Waals surface area (Å²) in [6.45, 7) is 3.55. The third-order valence-electron chi connectivity index (χ3n) is 2.89. The van der Waals surface area contributed by atoms with E-state index in [4.69, 9.17) is 0 Å². The predicted molar refractivity (Wildman–Crippen MR) is 73.8 cm³/mol. The number of aryl methyl sites for hydroxylation is 1. The van der Waals surface area contributed by atoms with Gasteiger partial charge in [0.2, 0.25) is 0 Å². The zero-order valence-corrected chi connectivity index (χ0v) is 13.8. The summed E-state index contributed by atoms with van der Waals surface area (Å²) in [4.78, 5) is 4.68. The molecule has 3 aromatic rings. The molecule has 0 aliphatic heterocycles. The van der Waals surface area contributed by atoms with Crippen molar-refractivity contribution in [2.45, 2.75) is 20.0 Å². The molecule has 3 aromatic heterocycles. The molecule has 0 spiro atoms. The molecule has 0 bridgehead atoms. The zero-order chi connectivity index (χ0) is 15.1. The van der Waals surface area contributed by atoms with Crippen molar-refractivity contribution in [1.82, 2.24) is 19.3 Å². The Morgan fingerprint density at radius 3 is 2.52 bits per heavy atom. The van der Waals surface area contributed by atoms with Crippen molar-refractivity contribution in [2.24, 2.45) is 0 Å². The minimum absolute atomic E-state index is 0.639. The Labute approximate surface area is 135 Å². The molecule has 0 aromatic carbocycles. The second-order valence-electron chi connectivity index (χ2n) is 4.60. The van der Waals surface area contributed by atoms with Gasteiger partial charge in [-0.05, 0) is 30.7 Å². The number of hydrogen-bond donors (Lipinski definition) is 0. The van der Waals surface area contributed by atoms with Gasteiger partial charge in [-0.3, -0.25) is 9.67 Å². The summed E-state index contributed by atoms with van der Waals surface area (Å²) in [6, 6.07) is 10.0. The third kappa shape index (κ3) is 4.64. The summed E-state index contributed by atoms with van der Waals surface area (Å²) in [5.74, 6) is 0. The van der Waals surface area contributed by atoms with Gasteiger partial charge in [-0.25, -0.2) is 0 Å². The van der Waals surface area contributed by atoms with E-state index in [2.05, 4.69) is 35.3 Å². The molecule has 4 nitrogen and oxygen atoms in total. The molecule has 0 amide bonds. The van der Waals surface area contributed by atoms with Gasteiger partial charge < -0.3 is 4.57 Å². The van der Waals surface area contributed by atoms with Crippen LogP contribution in [-0.2, 0) is 33.4 Å². The molecule has 0 unspecified atom stereocenters. The Morgan fingerprint density at radius 1 is 1.14 bits per heavy atom. The fourth-order valence-corrected chi connectivity index (χ4v) is 2.14. The van der Waals surface area contributed by atoms with Crippen LogP contribution >= 0.6 is 0 Å². The first-order valence-corrected chi connectivity index (χ1v) is 7.24. The van der Waals surface area contributed by atoms with E-state index in [0.29, 0.717) is 26.9 Å². The summed E-state index contributed by atoms with van der Waals surface area (Å²) < 4.78 is 13.4. The van der Waals surface area contributed by atoms with Crippen LogP contribution in [0.1, 0.15) is 17.0 Å². The SMILES string of the molecule is Cc1cc(Cn2[c-]ccc2)nc(Cn2cccn2)c1.[F][Pt+]. The number of pyridine rings is 1. The number of halogens is 1. The molecular formula is C15H15FN4Pt. The van der Waals surface area contributed by atoms with Crippen molar-refractivity contribution in [3.63, 3.8) is 0 Å². The molecule has 6 heteroatoms. The summed E-state index contributed by atoms with van der Waals surface area (Å²) in [6.07, 6.45) is 8.86. The molecule has 3 rings (SSSR count). The van der Waals surface area contributed by atoms with Crippen molar-refractivity contribution < 1.29 is 23.5 Å². The summed E-state index contributed by atoms with van der Waals surface area (Å²) in [5.41, 5.74) is 3.31. The summed E-state index contributed by atoms with van der Waals surface area (Å²) in [5, 5.41) is 4.21. The summed E-state index contributed by atoms with van der Waals surface area (Å²) in [7, 11) is 0. The fraction of sp³-hybridized carbons (Fsp3) is 0.200. The third-order valence-corrected chi connectivity index (χ3v) is 2.89. The second kappa shape index (κ2) is 7.89. The van der Waals surface area contributed by atoms with E-state index in [-0.39, 0.29) is 0 Å². The predicted octanol–water partition coefficient (Wildman–Crippen LogP) is 2.70. The maximum absolute atomic E-state index is 9.47. The number of hydrogen-bond acceptors (Lipinski definition) is 2. The van der Waals surface area contributed by atoms with Crippen LogP contribution in [0.25, 0.3) is 0 Å². The molecule has 0 saturated carbocycles. The van der Waals surface area contributed by atoms with Gasteiger partial charge in [0, 0.05) is 18.9 Å². The first-order chi connectivity index (χ1) is 10.3. The fourth-order valence-electron chi connectivity index (χ4n) is 2.14. The van der Waals surface area contributed by atoms with Crippen molar-refractivity contribution in [3.05, 3.63) is 72.1 Å². The molecule has 0 N–H and O–H groups in total. The van der Waals surface area contributed by atoms with Crippen LogP contribution in [0, 0.1) is 13.1 Å². The van der Waals surface area contributed by atoms with Gasteiger partial charge in [-0.1, -0.05) is 0 Å². The average Bonchev–Trinajstić information content (AvgIpc) is 3.14. The van der Waals surface area contributed by atoms with Crippen LogP contribution < -0.4 is 0 Å². The minimum atomic E-state index is 0.639.